The van der Waals surface area contributed by atoms with Crippen molar-refractivity contribution in [2.24, 2.45) is 5.73 Å². The number of primary amides is 1. The first-order valence-corrected chi connectivity index (χ1v) is 6.18. The van der Waals surface area contributed by atoms with Gasteiger partial charge in [0.2, 0.25) is 5.91 Å². The third-order valence-corrected chi connectivity index (χ3v) is 3.08. The number of carbonyl (C=O) groups is 1. The Bertz CT molecular complexity index is 406. The molecular weight excluding hydrogens is 244 g/mol. The Labute approximate surface area is 114 Å². The van der Waals surface area contributed by atoms with Crippen LogP contribution in [-0.4, -0.2) is 38.8 Å². The van der Waals surface area contributed by atoms with Gasteiger partial charge >= 0.3 is 0 Å². The van der Waals surface area contributed by atoms with E-state index in [0.717, 1.165) is 11.3 Å². The first-order valence-electron chi connectivity index (χ1n) is 6.18. The lowest BCUT2D eigenvalue weighted by atomic mass is 9.92. The monoisotopic (exact) mass is 266 g/mol. The topological polar surface area (TPSA) is 73.6 Å². The standard InChI is InChI=1S/C14H22N2O3/c1-14(13(15)17,16-8-9-18-2)10-11-4-6-12(19-3)7-5-11/h4-7,16H,8-10H2,1-3H3,(H2,15,17). The largest absolute Gasteiger partial charge is 0.497 e. The Morgan fingerprint density at radius 2 is 1.95 bits per heavy atom. The Balaban J connectivity index is 2.73. The average Bonchev–Trinajstić information content (AvgIpc) is 2.40. The number of benzene rings is 1. The summed E-state index contributed by atoms with van der Waals surface area (Å²) in [5.41, 5.74) is 5.73. The van der Waals surface area contributed by atoms with Gasteiger partial charge in [0.25, 0.3) is 0 Å². The number of nitrogens with one attached hydrogen (secondary N) is 1. The van der Waals surface area contributed by atoms with Gasteiger partial charge in [-0.05, 0) is 31.0 Å². The van der Waals surface area contributed by atoms with Gasteiger partial charge in [0, 0.05) is 13.7 Å². The first-order chi connectivity index (χ1) is 9.01. The van der Waals surface area contributed by atoms with Crippen LogP contribution >= 0.6 is 0 Å². The van der Waals surface area contributed by atoms with Crippen LogP contribution < -0.4 is 15.8 Å². The van der Waals surface area contributed by atoms with E-state index in [0.29, 0.717) is 19.6 Å². The van der Waals surface area contributed by atoms with Crippen LogP contribution in [0.25, 0.3) is 0 Å². The van der Waals surface area contributed by atoms with Crippen LogP contribution in [0.4, 0.5) is 0 Å². The summed E-state index contributed by atoms with van der Waals surface area (Å²) in [4.78, 5) is 11.6. The molecule has 1 unspecified atom stereocenters. The molecule has 19 heavy (non-hydrogen) atoms. The van der Waals surface area contributed by atoms with Crippen molar-refractivity contribution in [3.05, 3.63) is 29.8 Å². The fraction of sp³-hybridized carbons (Fsp3) is 0.500. The highest BCUT2D eigenvalue weighted by atomic mass is 16.5. The summed E-state index contributed by atoms with van der Waals surface area (Å²) in [6, 6.07) is 7.59. The number of nitrogens with two attached hydrogens (primary N) is 1. The van der Waals surface area contributed by atoms with E-state index < -0.39 is 5.54 Å². The molecule has 0 fully saturated rings. The highest BCUT2D eigenvalue weighted by Crippen LogP contribution is 2.17. The highest BCUT2D eigenvalue weighted by Gasteiger charge is 2.30. The molecule has 0 bridgehead atoms. The van der Waals surface area contributed by atoms with E-state index in [1.165, 1.54) is 0 Å². The fourth-order valence-electron chi connectivity index (χ4n) is 1.82. The third-order valence-electron chi connectivity index (χ3n) is 3.08. The second kappa shape index (κ2) is 7.11. The van der Waals surface area contributed by atoms with E-state index >= 15 is 0 Å². The first kappa shape index (κ1) is 15.5. The number of methoxy groups -OCH3 is 2. The summed E-state index contributed by atoms with van der Waals surface area (Å²) in [6.45, 7) is 2.91. The Kier molecular flexibility index (Phi) is 5.79. The van der Waals surface area contributed by atoms with E-state index in [-0.39, 0.29) is 5.91 Å². The van der Waals surface area contributed by atoms with E-state index in [9.17, 15) is 4.79 Å². The summed E-state index contributed by atoms with van der Waals surface area (Å²) < 4.78 is 10.1. The van der Waals surface area contributed by atoms with E-state index in [2.05, 4.69) is 5.32 Å². The van der Waals surface area contributed by atoms with Crippen LogP contribution in [0.3, 0.4) is 0 Å². The van der Waals surface area contributed by atoms with Gasteiger partial charge in [0.15, 0.2) is 0 Å². The van der Waals surface area contributed by atoms with E-state index in [4.69, 9.17) is 15.2 Å². The third kappa shape index (κ3) is 4.54. The molecule has 0 radical (unpaired) electrons. The van der Waals surface area contributed by atoms with Gasteiger partial charge in [-0.25, -0.2) is 0 Å². The van der Waals surface area contributed by atoms with Gasteiger partial charge in [-0.2, -0.15) is 0 Å². The van der Waals surface area contributed by atoms with Crippen molar-refractivity contribution >= 4 is 5.91 Å². The van der Waals surface area contributed by atoms with Gasteiger partial charge in [-0.15, -0.1) is 0 Å². The molecule has 0 saturated carbocycles. The molecule has 1 aromatic rings. The van der Waals surface area contributed by atoms with Gasteiger partial charge in [0.05, 0.1) is 19.3 Å². The maximum Gasteiger partial charge on any atom is 0.237 e. The molecule has 1 amide bonds. The van der Waals surface area contributed by atoms with Crippen molar-refractivity contribution in [2.45, 2.75) is 18.9 Å². The second-order valence-corrected chi connectivity index (χ2v) is 4.64. The molecule has 0 aromatic heterocycles. The Morgan fingerprint density at radius 3 is 2.42 bits per heavy atom. The molecular formula is C14H22N2O3. The Morgan fingerprint density at radius 1 is 1.32 bits per heavy atom. The molecule has 106 valence electrons. The number of ether oxygens (including phenoxy) is 2. The number of amides is 1. The van der Waals surface area contributed by atoms with Crippen LogP contribution in [0, 0.1) is 0 Å². The minimum Gasteiger partial charge on any atom is -0.497 e. The van der Waals surface area contributed by atoms with Crippen LogP contribution in [0.5, 0.6) is 5.75 Å². The molecule has 0 aliphatic heterocycles. The summed E-state index contributed by atoms with van der Waals surface area (Å²) in [5.74, 6) is 0.413. The van der Waals surface area contributed by atoms with Crippen molar-refractivity contribution in [1.29, 1.82) is 0 Å². The molecule has 1 rings (SSSR count). The van der Waals surface area contributed by atoms with Crippen LogP contribution in [0.1, 0.15) is 12.5 Å². The lowest BCUT2D eigenvalue weighted by Gasteiger charge is -2.27. The minimum atomic E-state index is -0.785. The number of hydrogen-bond donors (Lipinski definition) is 2. The Hall–Kier alpha value is -1.59. The zero-order valence-electron chi connectivity index (χ0n) is 11.7. The van der Waals surface area contributed by atoms with Gasteiger partial charge in [0.1, 0.15) is 5.75 Å². The molecule has 5 heteroatoms. The summed E-state index contributed by atoms with van der Waals surface area (Å²) in [6.07, 6.45) is 0.524. The van der Waals surface area contributed by atoms with Gasteiger partial charge in [-0.1, -0.05) is 12.1 Å². The number of hydrogen-bond acceptors (Lipinski definition) is 4. The van der Waals surface area contributed by atoms with Crippen molar-refractivity contribution in [2.75, 3.05) is 27.4 Å². The molecule has 0 heterocycles. The van der Waals surface area contributed by atoms with Crippen molar-refractivity contribution in [1.82, 2.24) is 5.32 Å². The van der Waals surface area contributed by atoms with Gasteiger partial charge < -0.3 is 20.5 Å². The second-order valence-electron chi connectivity index (χ2n) is 4.64. The lowest BCUT2D eigenvalue weighted by molar-refractivity contribution is -0.123. The van der Waals surface area contributed by atoms with Crippen molar-refractivity contribution in [3.63, 3.8) is 0 Å². The van der Waals surface area contributed by atoms with Crippen molar-refractivity contribution in [3.8, 4) is 5.75 Å². The smallest absolute Gasteiger partial charge is 0.237 e. The highest BCUT2D eigenvalue weighted by molar-refractivity contribution is 5.84. The molecule has 0 spiro atoms. The summed E-state index contributed by atoms with van der Waals surface area (Å²) in [7, 11) is 3.24. The predicted molar refractivity (Wildman–Crippen MR) is 74.2 cm³/mol. The summed E-state index contributed by atoms with van der Waals surface area (Å²) >= 11 is 0. The quantitative estimate of drug-likeness (QED) is 0.680. The van der Waals surface area contributed by atoms with Crippen LogP contribution in [0.2, 0.25) is 0 Å². The maximum absolute atomic E-state index is 11.6. The molecule has 0 saturated heterocycles. The molecule has 0 aliphatic rings. The number of carbonyl (C=O) groups excluding carboxylic acids is 1. The maximum atomic E-state index is 11.6. The molecule has 1 aromatic carbocycles. The number of rotatable bonds is 8. The zero-order valence-corrected chi connectivity index (χ0v) is 11.7. The van der Waals surface area contributed by atoms with Crippen molar-refractivity contribution < 1.29 is 14.3 Å². The van der Waals surface area contributed by atoms with E-state index in [1.54, 1.807) is 21.1 Å². The van der Waals surface area contributed by atoms with Crippen LogP contribution in [-0.2, 0) is 16.0 Å². The van der Waals surface area contributed by atoms with Gasteiger partial charge in [-0.3, -0.25) is 4.79 Å². The molecule has 3 N–H and O–H groups in total. The predicted octanol–water partition coefficient (Wildman–Crippen LogP) is 0.718. The zero-order chi connectivity index (χ0) is 14.3. The minimum absolute atomic E-state index is 0.376. The summed E-state index contributed by atoms with van der Waals surface area (Å²) in [5, 5.41) is 3.14. The molecule has 5 nitrogen and oxygen atoms in total. The molecule has 0 aliphatic carbocycles. The average molecular weight is 266 g/mol. The molecule has 1 atom stereocenters. The van der Waals surface area contributed by atoms with Crippen LogP contribution in [0.15, 0.2) is 24.3 Å². The van der Waals surface area contributed by atoms with E-state index in [1.807, 2.05) is 24.3 Å². The fourth-order valence-corrected chi connectivity index (χ4v) is 1.82. The normalized spacial score (nSPS) is 13.8. The lowest BCUT2D eigenvalue weighted by Crippen LogP contribution is -2.55. The SMILES string of the molecule is COCCNC(C)(Cc1ccc(OC)cc1)C(N)=O.